The molecule has 0 amide bonds. The normalized spacial score (nSPS) is 21.0. The fraction of sp³-hybridized carbons (Fsp3) is 0.538. The van der Waals surface area contributed by atoms with E-state index in [0.717, 1.165) is 38.0 Å². The van der Waals surface area contributed by atoms with Crippen LogP contribution < -0.4 is 4.90 Å². The van der Waals surface area contributed by atoms with Gasteiger partial charge in [-0.15, -0.1) is 0 Å². The van der Waals surface area contributed by atoms with Crippen molar-refractivity contribution >= 4 is 11.8 Å². The summed E-state index contributed by atoms with van der Waals surface area (Å²) in [6.07, 6.45) is 4.26. The van der Waals surface area contributed by atoms with Crippen LogP contribution in [0, 0.1) is 0 Å². The van der Waals surface area contributed by atoms with Crippen molar-refractivity contribution in [2.45, 2.75) is 18.9 Å². The van der Waals surface area contributed by atoms with Crippen LogP contribution in [-0.4, -0.2) is 53.2 Å². The smallest absolute Gasteiger partial charge is 0.335 e. The molecule has 1 aromatic rings. The van der Waals surface area contributed by atoms with Crippen LogP contribution in [0.5, 0.6) is 0 Å². The number of rotatable bonds is 3. The van der Waals surface area contributed by atoms with Crippen molar-refractivity contribution in [2.24, 2.45) is 0 Å². The molecule has 1 aromatic heterocycles. The molecule has 1 aliphatic carbocycles. The molecule has 1 N–H and O–H groups in total. The molecule has 1 aliphatic heterocycles. The van der Waals surface area contributed by atoms with E-state index < -0.39 is 5.97 Å². The van der Waals surface area contributed by atoms with E-state index in [1.165, 1.54) is 18.9 Å². The maximum Gasteiger partial charge on any atom is 0.335 e. The van der Waals surface area contributed by atoms with Crippen molar-refractivity contribution in [1.29, 1.82) is 0 Å². The van der Waals surface area contributed by atoms with Crippen LogP contribution in [0.3, 0.4) is 0 Å². The van der Waals surface area contributed by atoms with E-state index in [9.17, 15) is 4.79 Å². The highest BCUT2D eigenvalue weighted by molar-refractivity contribution is 5.88. The first-order valence-corrected chi connectivity index (χ1v) is 6.42. The maximum absolute atomic E-state index is 10.9. The van der Waals surface area contributed by atoms with Crippen LogP contribution in [0.4, 0.5) is 5.82 Å². The van der Waals surface area contributed by atoms with E-state index in [1.807, 2.05) is 0 Å². The predicted octanol–water partition coefficient (Wildman–Crippen LogP) is 1.06. The summed E-state index contributed by atoms with van der Waals surface area (Å²) >= 11 is 0. The molecule has 0 radical (unpaired) electrons. The molecule has 0 bridgehead atoms. The zero-order valence-corrected chi connectivity index (χ0v) is 10.2. The number of aromatic nitrogens is 1. The van der Waals surface area contributed by atoms with Gasteiger partial charge < -0.3 is 10.0 Å². The van der Waals surface area contributed by atoms with Crippen LogP contribution in [-0.2, 0) is 0 Å². The first kappa shape index (κ1) is 11.5. The zero-order valence-electron chi connectivity index (χ0n) is 10.2. The summed E-state index contributed by atoms with van der Waals surface area (Å²) in [5.74, 6) is -0.111. The summed E-state index contributed by atoms with van der Waals surface area (Å²) < 4.78 is 0. The molecule has 5 nitrogen and oxygen atoms in total. The summed E-state index contributed by atoms with van der Waals surface area (Å²) in [7, 11) is 0. The van der Waals surface area contributed by atoms with Gasteiger partial charge in [0.1, 0.15) is 5.82 Å². The largest absolute Gasteiger partial charge is 0.478 e. The van der Waals surface area contributed by atoms with Crippen molar-refractivity contribution in [3.63, 3.8) is 0 Å². The second-order valence-corrected chi connectivity index (χ2v) is 4.96. The van der Waals surface area contributed by atoms with Crippen molar-refractivity contribution in [3.8, 4) is 0 Å². The lowest BCUT2D eigenvalue weighted by Gasteiger charge is -2.35. The Morgan fingerprint density at radius 3 is 2.61 bits per heavy atom. The lowest BCUT2D eigenvalue weighted by atomic mass is 10.2. The molecule has 3 rings (SSSR count). The van der Waals surface area contributed by atoms with E-state index in [0.29, 0.717) is 5.56 Å². The summed E-state index contributed by atoms with van der Waals surface area (Å²) in [5, 5.41) is 8.98. The Labute approximate surface area is 106 Å². The monoisotopic (exact) mass is 247 g/mol. The average Bonchev–Trinajstić information content (AvgIpc) is 3.23. The van der Waals surface area contributed by atoms with Crippen LogP contribution in [0.2, 0.25) is 0 Å². The molecular weight excluding hydrogens is 230 g/mol. The highest BCUT2D eigenvalue weighted by Crippen LogP contribution is 2.28. The number of pyridine rings is 1. The van der Waals surface area contributed by atoms with Gasteiger partial charge in [-0.1, -0.05) is 0 Å². The Balaban J connectivity index is 1.67. The van der Waals surface area contributed by atoms with Crippen LogP contribution in [0.1, 0.15) is 23.2 Å². The first-order valence-electron chi connectivity index (χ1n) is 6.42. The minimum absolute atomic E-state index is 0.310. The fourth-order valence-corrected chi connectivity index (χ4v) is 2.48. The minimum Gasteiger partial charge on any atom is -0.478 e. The van der Waals surface area contributed by atoms with Crippen molar-refractivity contribution in [2.75, 3.05) is 31.1 Å². The number of piperazine rings is 1. The van der Waals surface area contributed by atoms with Gasteiger partial charge in [-0.2, -0.15) is 0 Å². The minimum atomic E-state index is -0.893. The van der Waals surface area contributed by atoms with Gasteiger partial charge in [-0.3, -0.25) is 4.90 Å². The molecule has 1 saturated carbocycles. The third kappa shape index (κ3) is 2.31. The SMILES string of the molecule is O=C(O)c1ccnc(N2CCN(C3CC3)CC2)c1. The fourth-order valence-electron chi connectivity index (χ4n) is 2.48. The number of aromatic carboxylic acids is 1. The summed E-state index contributed by atoms with van der Waals surface area (Å²) in [6.45, 7) is 3.99. The number of carboxylic acids is 1. The number of nitrogens with zero attached hydrogens (tertiary/aromatic N) is 3. The second kappa shape index (κ2) is 4.57. The van der Waals surface area contributed by atoms with Gasteiger partial charge >= 0.3 is 5.97 Å². The number of anilines is 1. The lowest BCUT2D eigenvalue weighted by molar-refractivity contribution is 0.0697. The van der Waals surface area contributed by atoms with Gasteiger partial charge in [0.25, 0.3) is 0 Å². The molecule has 2 fully saturated rings. The standard InChI is InChI=1S/C13H17N3O2/c17-13(18)10-3-4-14-12(9-10)16-7-5-15(6-8-16)11-1-2-11/h3-4,9,11H,1-2,5-8H2,(H,17,18). The highest BCUT2D eigenvalue weighted by atomic mass is 16.4. The van der Waals surface area contributed by atoms with Crippen LogP contribution in [0.25, 0.3) is 0 Å². The highest BCUT2D eigenvalue weighted by Gasteiger charge is 2.31. The molecule has 96 valence electrons. The molecule has 0 atom stereocenters. The number of carbonyl (C=O) groups is 1. The topological polar surface area (TPSA) is 56.7 Å². The number of hydrogen-bond acceptors (Lipinski definition) is 4. The van der Waals surface area contributed by atoms with Crippen LogP contribution in [0.15, 0.2) is 18.3 Å². The molecule has 2 aliphatic rings. The van der Waals surface area contributed by atoms with Gasteiger partial charge in [0.15, 0.2) is 0 Å². The maximum atomic E-state index is 10.9. The third-order valence-electron chi connectivity index (χ3n) is 3.69. The van der Waals surface area contributed by atoms with Gasteiger partial charge in [0, 0.05) is 38.4 Å². The van der Waals surface area contributed by atoms with E-state index in [1.54, 1.807) is 12.3 Å². The molecule has 0 aromatic carbocycles. The molecule has 2 heterocycles. The number of carboxylic acid groups (broad SMARTS) is 1. The summed E-state index contributed by atoms with van der Waals surface area (Å²) in [4.78, 5) is 19.9. The molecule has 0 unspecified atom stereocenters. The van der Waals surface area contributed by atoms with Crippen LogP contribution >= 0.6 is 0 Å². The van der Waals surface area contributed by atoms with Crippen molar-refractivity contribution < 1.29 is 9.90 Å². The molecule has 1 saturated heterocycles. The van der Waals surface area contributed by atoms with Gasteiger partial charge in [0.05, 0.1) is 5.56 Å². The average molecular weight is 247 g/mol. The summed E-state index contributed by atoms with van der Waals surface area (Å²) in [5.41, 5.74) is 0.310. The van der Waals surface area contributed by atoms with E-state index in [4.69, 9.17) is 5.11 Å². The summed E-state index contributed by atoms with van der Waals surface area (Å²) in [6, 6.07) is 4.01. The first-order chi connectivity index (χ1) is 8.74. The zero-order chi connectivity index (χ0) is 12.5. The molecule has 0 spiro atoms. The third-order valence-corrected chi connectivity index (χ3v) is 3.69. The Morgan fingerprint density at radius 2 is 2.00 bits per heavy atom. The second-order valence-electron chi connectivity index (χ2n) is 4.96. The van der Waals surface area contributed by atoms with Gasteiger partial charge in [-0.25, -0.2) is 9.78 Å². The Hall–Kier alpha value is -1.62. The predicted molar refractivity (Wildman–Crippen MR) is 68.0 cm³/mol. The van der Waals surface area contributed by atoms with Crippen molar-refractivity contribution in [3.05, 3.63) is 23.9 Å². The molecular formula is C13H17N3O2. The molecule has 5 heteroatoms. The number of hydrogen-bond donors (Lipinski definition) is 1. The Morgan fingerprint density at radius 1 is 1.28 bits per heavy atom. The lowest BCUT2D eigenvalue weighted by Crippen LogP contribution is -2.47. The quantitative estimate of drug-likeness (QED) is 0.865. The van der Waals surface area contributed by atoms with Gasteiger partial charge in [0.2, 0.25) is 0 Å². The van der Waals surface area contributed by atoms with E-state index in [2.05, 4.69) is 14.8 Å². The van der Waals surface area contributed by atoms with E-state index >= 15 is 0 Å². The van der Waals surface area contributed by atoms with Crippen molar-refractivity contribution in [1.82, 2.24) is 9.88 Å². The Bertz CT molecular complexity index is 451. The van der Waals surface area contributed by atoms with E-state index in [-0.39, 0.29) is 0 Å². The Kier molecular flexibility index (Phi) is 2.91. The van der Waals surface area contributed by atoms with Gasteiger partial charge in [-0.05, 0) is 25.0 Å². The molecule has 18 heavy (non-hydrogen) atoms.